The third-order valence-electron chi connectivity index (χ3n) is 2.42. The van der Waals surface area contributed by atoms with Gasteiger partial charge in [0.1, 0.15) is 5.75 Å². The summed E-state index contributed by atoms with van der Waals surface area (Å²) in [5.74, 6) is 0.163. The van der Waals surface area contributed by atoms with Crippen molar-refractivity contribution in [3.8, 4) is 5.75 Å². The van der Waals surface area contributed by atoms with Gasteiger partial charge in [-0.3, -0.25) is 9.00 Å². The molecule has 1 aromatic carbocycles. The van der Waals surface area contributed by atoms with E-state index in [-0.39, 0.29) is 23.3 Å². The first-order chi connectivity index (χ1) is 8.40. The lowest BCUT2D eigenvalue weighted by Gasteiger charge is -2.13. The third kappa shape index (κ3) is 4.78. The topological polar surface area (TPSA) is 66.4 Å². The molecule has 0 radical (unpaired) electrons. The molecule has 0 aliphatic rings. The van der Waals surface area contributed by atoms with Crippen LogP contribution in [-0.2, 0) is 10.8 Å². The Balaban J connectivity index is 2.64. The number of phenols is 1. The number of benzene rings is 1. The van der Waals surface area contributed by atoms with Crippen LogP contribution >= 0.6 is 15.9 Å². The maximum absolute atomic E-state index is 11.9. The summed E-state index contributed by atoms with van der Waals surface area (Å²) in [6.07, 6.45) is 2.28. The Morgan fingerprint density at radius 3 is 2.83 bits per heavy atom. The number of aromatic hydroxyl groups is 1. The van der Waals surface area contributed by atoms with Crippen molar-refractivity contribution in [2.75, 3.05) is 12.0 Å². The number of hydrogen-bond donors (Lipinski definition) is 2. The van der Waals surface area contributed by atoms with Crippen LogP contribution in [-0.4, -0.2) is 33.3 Å². The second-order valence-electron chi connectivity index (χ2n) is 4.10. The van der Waals surface area contributed by atoms with Crippen LogP contribution in [0.4, 0.5) is 0 Å². The molecule has 0 aliphatic heterocycles. The SMILES string of the molecule is CC(CCS(C)=O)NC(=O)c1cc(Br)ccc1O. The second kappa shape index (κ2) is 6.89. The van der Waals surface area contributed by atoms with Gasteiger partial charge in [0.05, 0.1) is 5.56 Å². The zero-order valence-electron chi connectivity index (χ0n) is 10.3. The molecule has 100 valence electrons. The Morgan fingerprint density at radius 1 is 1.56 bits per heavy atom. The Bertz CT molecular complexity index is 465. The molecule has 0 saturated carbocycles. The van der Waals surface area contributed by atoms with E-state index in [4.69, 9.17) is 0 Å². The Kier molecular flexibility index (Phi) is 5.81. The van der Waals surface area contributed by atoms with Gasteiger partial charge in [0.15, 0.2) is 0 Å². The minimum Gasteiger partial charge on any atom is -0.507 e. The first-order valence-corrected chi connectivity index (χ1v) is 8.01. The van der Waals surface area contributed by atoms with Crippen molar-refractivity contribution in [3.63, 3.8) is 0 Å². The standard InChI is InChI=1S/C12H16BrNO3S/c1-8(5-6-18(2)17)14-12(16)10-7-9(13)3-4-11(10)15/h3-4,7-8,15H,5-6H2,1-2H3,(H,14,16). The van der Waals surface area contributed by atoms with Crippen molar-refractivity contribution in [2.45, 2.75) is 19.4 Å². The molecule has 0 heterocycles. The molecule has 0 saturated heterocycles. The summed E-state index contributed by atoms with van der Waals surface area (Å²) in [5, 5.41) is 12.4. The maximum Gasteiger partial charge on any atom is 0.255 e. The molecule has 1 aromatic rings. The van der Waals surface area contributed by atoms with Gasteiger partial charge in [-0.05, 0) is 31.5 Å². The number of hydrogen-bond acceptors (Lipinski definition) is 3. The quantitative estimate of drug-likeness (QED) is 0.866. The third-order valence-corrected chi connectivity index (χ3v) is 3.72. The lowest BCUT2D eigenvalue weighted by atomic mass is 10.1. The monoisotopic (exact) mass is 333 g/mol. The predicted molar refractivity (Wildman–Crippen MR) is 76.3 cm³/mol. The number of phenolic OH excluding ortho intramolecular Hbond substituents is 1. The van der Waals surface area contributed by atoms with Crippen LogP contribution in [0, 0.1) is 0 Å². The molecular weight excluding hydrogens is 318 g/mol. The molecule has 2 N–H and O–H groups in total. The van der Waals surface area contributed by atoms with Crippen molar-refractivity contribution in [1.82, 2.24) is 5.32 Å². The van der Waals surface area contributed by atoms with Crippen LogP contribution in [0.15, 0.2) is 22.7 Å². The minimum atomic E-state index is -0.862. The van der Waals surface area contributed by atoms with Crippen LogP contribution in [0.1, 0.15) is 23.7 Å². The van der Waals surface area contributed by atoms with E-state index in [0.717, 1.165) is 4.47 Å². The molecule has 0 fully saturated rings. The molecule has 2 atom stereocenters. The van der Waals surface area contributed by atoms with E-state index in [9.17, 15) is 14.1 Å². The highest BCUT2D eigenvalue weighted by Crippen LogP contribution is 2.21. The summed E-state index contributed by atoms with van der Waals surface area (Å²) < 4.78 is 11.7. The molecule has 18 heavy (non-hydrogen) atoms. The van der Waals surface area contributed by atoms with E-state index in [2.05, 4.69) is 21.2 Å². The van der Waals surface area contributed by atoms with E-state index < -0.39 is 10.8 Å². The molecule has 0 spiro atoms. The summed E-state index contributed by atoms with van der Waals surface area (Å²) >= 11 is 3.25. The van der Waals surface area contributed by atoms with E-state index >= 15 is 0 Å². The lowest BCUT2D eigenvalue weighted by Crippen LogP contribution is -2.33. The first kappa shape index (κ1) is 15.2. The number of nitrogens with one attached hydrogen (secondary N) is 1. The van der Waals surface area contributed by atoms with Crippen molar-refractivity contribution in [3.05, 3.63) is 28.2 Å². The van der Waals surface area contributed by atoms with E-state index in [1.807, 2.05) is 6.92 Å². The summed E-state index contributed by atoms with van der Waals surface area (Å²) in [6, 6.07) is 4.61. The fourth-order valence-electron chi connectivity index (χ4n) is 1.41. The molecule has 4 nitrogen and oxygen atoms in total. The Labute approximate surface area is 117 Å². The average molecular weight is 334 g/mol. The molecule has 0 bridgehead atoms. The molecule has 2 unspecified atom stereocenters. The van der Waals surface area contributed by atoms with E-state index in [1.165, 1.54) is 6.07 Å². The minimum absolute atomic E-state index is 0.0537. The summed E-state index contributed by atoms with van der Waals surface area (Å²) in [4.78, 5) is 11.9. The predicted octanol–water partition coefficient (Wildman–Crippen LogP) is 2.04. The van der Waals surface area contributed by atoms with Gasteiger partial charge in [0, 0.05) is 33.3 Å². The number of amides is 1. The van der Waals surface area contributed by atoms with E-state index in [0.29, 0.717) is 12.2 Å². The number of carbonyl (C=O) groups is 1. The summed E-state index contributed by atoms with van der Waals surface area (Å²) in [5.41, 5.74) is 0.230. The smallest absolute Gasteiger partial charge is 0.255 e. The number of carbonyl (C=O) groups excluding carboxylic acids is 1. The fraction of sp³-hybridized carbons (Fsp3) is 0.417. The largest absolute Gasteiger partial charge is 0.507 e. The average Bonchev–Trinajstić information content (AvgIpc) is 2.29. The number of rotatable bonds is 5. The number of halogens is 1. The summed E-state index contributed by atoms with van der Waals surface area (Å²) in [7, 11) is -0.862. The van der Waals surface area contributed by atoms with Gasteiger partial charge in [-0.1, -0.05) is 15.9 Å². The highest BCUT2D eigenvalue weighted by atomic mass is 79.9. The van der Waals surface area contributed by atoms with Gasteiger partial charge < -0.3 is 10.4 Å². The van der Waals surface area contributed by atoms with Crippen molar-refractivity contribution >= 4 is 32.6 Å². The molecule has 0 aromatic heterocycles. The Hall–Kier alpha value is -0.880. The van der Waals surface area contributed by atoms with Crippen molar-refractivity contribution in [1.29, 1.82) is 0 Å². The van der Waals surface area contributed by atoms with Gasteiger partial charge in [0.2, 0.25) is 0 Å². The van der Waals surface area contributed by atoms with E-state index in [1.54, 1.807) is 18.4 Å². The van der Waals surface area contributed by atoms with Gasteiger partial charge in [-0.2, -0.15) is 0 Å². The zero-order chi connectivity index (χ0) is 13.7. The van der Waals surface area contributed by atoms with Crippen LogP contribution < -0.4 is 5.32 Å². The van der Waals surface area contributed by atoms with Gasteiger partial charge >= 0.3 is 0 Å². The fourth-order valence-corrected chi connectivity index (χ4v) is 2.45. The highest BCUT2D eigenvalue weighted by molar-refractivity contribution is 9.10. The molecule has 1 rings (SSSR count). The van der Waals surface area contributed by atoms with Gasteiger partial charge in [0.25, 0.3) is 5.91 Å². The van der Waals surface area contributed by atoms with Gasteiger partial charge in [-0.15, -0.1) is 0 Å². The maximum atomic E-state index is 11.9. The summed E-state index contributed by atoms with van der Waals surface area (Å²) in [6.45, 7) is 1.85. The van der Waals surface area contributed by atoms with Crippen LogP contribution in [0.3, 0.4) is 0 Å². The zero-order valence-corrected chi connectivity index (χ0v) is 12.7. The van der Waals surface area contributed by atoms with Crippen molar-refractivity contribution < 1.29 is 14.1 Å². The molecule has 6 heteroatoms. The Morgan fingerprint density at radius 2 is 2.22 bits per heavy atom. The van der Waals surface area contributed by atoms with Gasteiger partial charge in [-0.25, -0.2) is 0 Å². The first-order valence-electron chi connectivity index (χ1n) is 5.49. The molecule has 0 aliphatic carbocycles. The van der Waals surface area contributed by atoms with Crippen molar-refractivity contribution in [2.24, 2.45) is 0 Å². The lowest BCUT2D eigenvalue weighted by molar-refractivity contribution is 0.0936. The van der Waals surface area contributed by atoms with Crippen LogP contribution in [0.5, 0.6) is 5.75 Å². The van der Waals surface area contributed by atoms with Crippen LogP contribution in [0.2, 0.25) is 0 Å². The molecular formula is C12H16BrNO3S. The molecule has 1 amide bonds. The highest BCUT2D eigenvalue weighted by Gasteiger charge is 2.14. The normalized spacial score (nSPS) is 13.9. The van der Waals surface area contributed by atoms with Crippen LogP contribution in [0.25, 0.3) is 0 Å². The second-order valence-corrected chi connectivity index (χ2v) is 6.57.